The molecule has 0 fully saturated rings. The summed E-state index contributed by atoms with van der Waals surface area (Å²) in [6.07, 6.45) is 2.42. The van der Waals surface area contributed by atoms with Gasteiger partial charge in [-0.15, -0.1) is 0 Å². The van der Waals surface area contributed by atoms with Crippen molar-refractivity contribution >= 4 is 29.1 Å². The van der Waals surface area contributed by atoms with Crippen LogP contribution in [-0.4, -0.2) is 18.9 Å². The maximum atomic E-state index is 11.5. The average molecular weight is 238 g/mol. The van der Waals surface area contributed by atoms with Crippen LogP contribution >= 0.6 is 11.6 Å². The highest BCUT2D eigenvalue weighted by Crippen LogP contribution is 2.36. The lowest BCUT2D eigenvalue weighted by Gasteiger charge is -2.17. The number of nitrogens with zero attached hydrogens (tertiary/aromatic N) is 1. The third-order valence-corrected chi connectivity index (χ3v) is 2.50. The van der Waals surface area contributed by atoms with Gasteiger partial charge in [0.1, 0.15) is 0 Å². The van der Waals surface area contributed by atoms with E-state index >= 15 is 0 Å². The van der Waals surface area contributed by atoms with Crippen molar-refractivity contribution in [3.05, 3.63) is 35.4 Å². The number of carbonyl (C=O) groups excluding carboxylic acids is 2. The van der Waals surface area contributed by atoms with Crippen molar-refractivity contribution in [3.8, 4) is 5.75 Å². The first-order valence-corrected chi connectivity index (χ1v) is 4.91. The van der Waals surface area contributed by atoms with Crippen molar-refractivity contribution < 1.29 is 14.3 Å². The molecular formula is C11H8ClNO3. The van der Waals surface area contributed by atoms with Crippen LogP contribution in [0.15, 0.2) is 30.4 Å². The van der Waals surface area contributed by atoms with Crippen molar-refractivity contribution in [1.82, 2.24) is 0 Å². The Labute approximate surface area is 97.1 Å². The Morgan fingerprint density at radius 3 is 2.38 bits per heavy atom. The predicted molar refractivity (Wildman–Crippen MR) is 59.6 cm³/mol. The number of amides is 2. The first-order valence-electron chi connectivity index (χ1n) is 4.54. The number of para-hydroxylation sites is 1. The van der Waals surface area contributed by atoms with Crippen LogP contribution in [0.3, 0.4) is 0 Å². The largest absolute Gasteiger partial charge is 0.493 e. The number of ether oxygens (including phenoxy) is 1. The molecular weight excluding hydrogens is 230 g/mol. The van der Waals surface area contributed by atoms with Gasteiger partial charge in [-0.25, -0.2) is 4.90 Å². The second-order valence-electron chi connectivity index (χ2n) is 3.14. The van der Waals surface area contributed by atoms with Crippen LogP contribution < -0.4 is 9.64 Å². The van der Waals surface area contributed by atoms with E-state index in [0.717, 1.165) is 4.90 Å². The molecule has 0 radical (unpaired) electrons. The van der Waals surface area contributed by atoms with Gasteiger partial charge in [-0.05, 0) is 12.1 Å². The molecule has 2 rings (SSSR count). The van der Waals surface area contributed by atoms with E-state index in [-0.39, 0.29) is 0 Å². The normalized spacial score (nSPS) is 14.8. The minimum atomic E-state index is -0.398. The molecule has 0 atom stereocenters. The molecule has 0 N–H and O–H groups in total. The number of hydrogen-bond acceptors (Lipinski definition) is 3. The van der Waals surface area contributed by atoms with Crippen molar-refractivity contribution in [2.75, 3.05) is 12.0 Å². The van der Waals surface area contributed by atoms with Crippen LogP contribution in [0.2, 0.25) is 5.02 Å². The Bertz CT molecular complexity index is 478. The molecule has 0 aliphatic carbocycles. The number of methoxy groups -OCH3 is 1. The highest BCUT2D eigenvalue weighted by atomic mass is 35.5. The molecule has 0 unspecified atom stereocenters. The van der Waals surface area contributed by atoms with Crippen LogP contribution in [-0.2, 0) is 9.59 Å². The lowest BCUT2D eigenvalue weighted by molar-refractivity contribution is -0.120. The fraction of sp³-hybridized carbons (Fsp3) is 0.0909. The zero-order chi connectivity index (χ0) is 11.7. The molecule has 82 valence electrons. The van der Waals surface area contributed by atoms with Gasteiger partial charge in [0.2, 0.25) is 0 Å². The fourth-order valence-corrected chi connectivity index (χ4v) is 1.76. The van der Waals surface area contributed by atoms with Gasteiger partial charge in [0, 0.05) is 12.2 Å². The second kappa shape index (κ2) is 3.98. The van der Waals surface area contributed by atoms with Gasteiger partial charge in [-0.2, -0.15) is 0 Å². The van der Waals surface area contributed by atoms with E-state index in [2.05, 4.69) is 0 Å². The van der Waals surface area contributed by atoms with Crippen molar-refractivity contribution in [1.29, 1.82) is 0 Å². The summed E-state index contributed by atoms with van der Waals surface area (Å²) >= 11 is 5.91. The van der Waals surface area contributed by atoms with Crippen LogP contribution in [0, 0.1) is 0 Å². The summed E-state index contributed by atoms with van der Waals surface area (Å²) in [5.41, 5.74) is 0.356. The fourth-order valence-electron chi connectivity index (χ4n) is 1.51. The van der Waals surface area contributed by atoms with Gasteiger partial charge in [0.05, 0.1) is 17.8 Å². The highest BCUT2D eigenvalue weighted by molar-refractivity contribution is 6.34. The number of rotatable bonds is 2. The van der Waals surface area contributed by atoms with E-state index in [0.29, 0.717) is 16.5 Å². The summed E-state index contributed by atoms with van der Waals surface area (Å²) in [5.74, 6) is -0.481. The first-order chi connectivity index (χ1) is 7.65. The molecule has 5 heteroatoms. The molecule has 1 aromatic rings. The van der Waals surface area contributed by atoms with E-state index in [1.807, 2.05) is 0 Å². The molecule has 0 spiro atoms. The molecule has 0 saturated carbocycles. The van der Waals surface area contributed by atoms with Gasteiger partial charge < -0.3 is 4.74 Å². The SMILES string of the molecule is COc1c(Cl)cccc1N1C(=O)C=CC1=O. The molecule has 0 saturated heterocycles. The Hall–Kier alpha value is -1.81. The average Bonchev–Trinajstić information content (AvgIpc) is 2.58. The molecule has 4 nitrogen and oxygen atoms in total. The molecule has 1 aromatic carbocycles. The van der Waals surface area contributed by atoms with Crippen LogP contribution in [0.5, 0.6) is 5.75 Å². The summed E-state index contributed by atoms with van der Waals surface area (Å²) < 4.78 is 5.08. The van der Waals surface area contributed by atoms with Gasteiger partial charge >= 0.3 is 0 Å². The predicted octanol–water partition coefficient (Wildman–Crippen LogP) is 1.78. The smallest absolute Gasteiger partial charge is 0.258 e. The monoisotopic (exact) mass is 237 g/mol. The lowest BCUT2D eigenvalue weighted by Crippen LogP contribution is -2.29. The van der Waals surface area contributed by atoms with Gasteiger partial charge in [0.15, 0.2) is 5.75 Å². The molecule has 16 heavy (non-hydrogen) atoms. The van der Waals surface area contributed by atoms with Gasteiger partial charge in [-0.1, -0.05) is 17.7 Å². The molecule has 2 amide bonds. The quantitative estimate of drug-likeness (QED) is 0.737. The maximum Gasteiger partial charge on any atom is 0.258 e. The number of hydrogen-bond donors (Lipinski definition) is 0. The third kappa shape index (κ3) is 1.57. The molecule has 0 bridgehead atoms. The highest BCUT2D eigenvalue weighted by Gasteiger charge is 2.28. The Balaban J connectivity index is 2.52. The van der Waals surface area contributed by atoms with Crippen molar-refractivity contribution in [2.24, 2.45) is 0 Å². The molecule has 1 aliphatic heterocycles. The Kier molecular flexibility index (Phi) is 2.66. The molecule has 0 aromatic heterocycles. The third-order valence-electron chi connectivity index (χ3n) is 2.20. The summed E-state index contributed by atoms with van der Waals surface area (Å²) in [6, 6.07) is 4.88. The standard InChI is InChI=1S/C11H8ClNO3/c1-16-11-7(12)3-2-4-8(11)13-9(14)5-6-10(13)15/h2-6H,1H3. The van der Waals surface area contributed by atoms with Gasteiger partial charge in [-0.3, -0.25) is 9.59 Å². The summed E-state index contributed by atoms with van der Waals surface area (Å²) in [5, 5.41) is 0.354. The number of halogens is 1. The Morgan fingerprint density at radius 1 is 1.19 bits per heavy atom. The van der Waals surface area contributed by atoms with E-state index < -0.39 is 11.8 Å². The van der Waals surface area contributed by atoms with E-state index in [9.17, 15) is 9.59 Å². The summed E-state index contributed by atoms with van der Waals surface area (Å²) in [7, 11) is 1.43. The van der Waals surface area contributed by atoms with Crippen LogP contribution in [0.1, 0.15) is 0 Å². The zero-order valence-corrected chi connectivity index (χ0v) is 9.19. The molecule has 1 aliphatic rings. The minimum Gasteiger partial charge on any atom is -0.493 e. The van der Waals surface area contributed by atoms with Crippen LogP contribution in [0.4, 0.5) is 5.69 Å². The van der Waals surface area contributed by atoms with Crippen LogP contribution in [0.25, 0.3) is 0 Å². The maximum absolute atomic E-state index is 11.5. The van der Waals surface area contributed by atoms with Crippen molar-refractivity contribution in [3.63, 3.8) is 0 Å². The first kappa shape index (κ1) is 10.7. The topological polar surface area (TPSA) is 46.6 Å². The Morgan fingerprint density at radius 2 is 1.81 bits per heavy atom. The van der Waals surface area contributed by atoms with E-state index in [1.54, 1.807) is 18.2 Å². The second-order valence-corrected chi connectivity index (χ2v) is 3.54. The van der Waals surface area contributed by atoms with Crippen molar-refractivity contribution in [2.45, 2.75) is 0 Å². The molecule has 1 heterocycles. The van der Waals surface area contributed by atoms with E-state index in [4.69, 9.17) is 16.3 Å². The number of anilines is 1. The summed E-state index contributed by atoms with van der Waals surface area (Å²) in [4.78, 5) is 24.0. The summed E-state index contributed by atoms with van der Waals surface area (Å²) in [6.45, 7) is 0. The van der Waals surface area contributed by atoms with Gasteiger partial charge in [0.25, 0.3) is 11.8 Å². The number of benzene rings is 1. The number of imide groups is 1. The lowest BCUT2D eigenvalue weighted by atomic mass is 10.2. The van der Waals surface area contributed by atoms with E-state index in [1.165, 1.54) is 19.3 Å². The number of carbonyl (C=O) groups is 2. The minimum absolute atomic E-state index is 0.314. The zero-order valence-electron chi connectivity index (χ0n) is 8.44.